The van der Waals surface area contributed by atoms with Crippen molar-refractivity contribution in [2.75, 3.05) is 18.6 Å². The number of hydrogen-bond donors (Lipinski definition) is 2. The van der Waals surface area contributed by atoms with Gasteiger partial charge in [-0.3, -0.25) is 9.59 Å². The number of amides is 3. The van der Waals surface area contributed by atoms with E-state index in [1.807, 2.05) is 52.1 Å². The fraction of sp³-hybridized carbons (Fsp3) is 0.679. The number of carbonyl (C=O) groups excluding carboxylic acids is 3. The molecule has 3 amide bonds. The third-order valence-electron chi connectivity index (χ3n) is 5.60. The van der Waals surface area contributed by atoms with E-state index in [9.17, 15) is 14.4 Å². The molecule has 2 atom stereocenters. The maximum Gasteiger partial charge on any atom is 0.408 e. The Balaban J connectivity index is 3.51. The van der Waals surface area contributed by atoms with Crippen LogP contribution in [0.2, 0.25) is 0 Å². The number of carbonyl (C=O) groups is 3. The Hall–Kier alpha value is -2.22. The first kappa shape index (κ1) is 31.8. The summed E-state index contributed by atoms with van der Waals surface area (Å²) in [4.78, 5) is 42.0. The van der Waals surface area contributed by atoms with E-state index in [1.165, 1.54) is 0 Å². The fourth-order valence-electron chi connectivity index (χ4n) is 3.99. The second-order valence-corrected chi connectivity index (χ2v) is 11.6. The minimum Gasteiger partial charge on any atom is -0.444 e. The molecule has 0 aliphatic heterocycles. The lowest BCUT2D eigenvalue weighted by Crippen LogP contribution is -2.54. The van der Waals surface area contributed by atoms with E-state index in [0.29, 0.717) is 18.7 Å². The van der Waals surface area contributed by atoms with Crippen LogP contribution in [0.4, 0.5) is 4.79 Å². The highest BCUT2D eigenvalue weighted by atomic mass is 32.2. The number of aryl methyl sites for hydroxylation is 2. The smallest absolute Gasteiger partial charge is 0.408 e. The fourth-order valence-corrected chi connectivity index (χ4v) is 4.46. The van der Waals surface area contributed by atoms with Crippen molar-refractivity contribution in [3.8, 4) is 0 Å². The summed E-state index contributed by atoms with van der Waals surface area (Å²) in [6.07, 6.45) is 4.45. The molecule has 0 radical (unpaired) electrons. The molecule has 1 aromatic carbocycles. The van der Waals surface area contributed by atoms with Gasteiger partial charge < -0.3 is 20.3 Å². The summed E-state index contributed by atoms with van der Waals surface area (Å²) in [6, 6.07) is 4.27. The summed E-state index contributed by atoms with van der Waals surface area (Å²) in [7, 11) is 0. The summed E-state index contributed by atoms with van der Waals surface area (Å²) in [5.41, 5.74) is 2.15. The van der Waals surface area contributed by atoms with Gasteiger partial charge in [0.05, 0.1) is 0 Å². The topological polar surface area (TPSA) is 87.7 Å². The lowest BCUT2D eigenvalue weighted by molar-refractivity contribution is -0.142. The summed E-state index contributed by atoms with van der Waals surface area (Å²) in [6.45, 7) is 15.7. The van der Waals surface area contributed by atoms with Crippen LogP contribution in [-0.4, -0.2) is 59.0 Å². The summed E-state index contributed by atoms with van der Waals surface area (Å²) in [5.74, 6) is 0.194. The second kappa shape index (κ2) is 15.1. The average molecular weight is 522 g/mol. The van der Waals surface area contributed by atoms with Gasteiger partial charge in [0.25, 0.3) is 0 Å². The summed E-state index contributed by atoms with van der Waals surface area (Å²) in [5, 5.41) is 5.81. The summed E-state index contributed by atoms with van der Waals surface area (Å²) >= 11 is 1.60. The minimum absolute atomic E-state index is 0.0782. The van der Waals surface area contributed by atoms with Crippen molar-refractivity contribution in [1.29, 1.82) is 0 Å². The Morgan fingerprint density at radius 2 is 1.75 bits per heavy atom. The summed E-state index contributed by atoms with van der Waals surface area (Å²) < 4.78 is 5.45. The molecule has 2 N–H and O–H groups in total. The Labute approximate surface area is 222 Å². The molecule has 0 bridgehead atoms. The number of rotatable bonds is 13. The number of hydrogen-bond acceptors (Lipinski definition) is 5. The predicted molar refractivity (Wildman–Crippen MR) is 149 cm³/mol. The molecular weight excluding hydrogens is 474 g/mol. The zero-order chi connectivity index (χ0) is 27.5. The molecule has 8 heteroatoms. The maximum atomic E-state index is 14.1. The van der Waals surface area contributed by atoms with Gasteiger partial charge in [0.1, 0.15) is 17.7 Å². The molecule has 0 spiro atoms. The van der Waals surface area contributed by atoms with Crippen LogP contribution in [0.3, 0.4) is 0 Å². The van der Waals surface area contributed by atoms with Crippen molar-refractivity contribution in [3.63, 3.8) is 0 Å². The number of ether oxygens (including phenoxy) is 1. The van der Waals surface area contributed by atoms with E-state index in [0.717, 1.165) is 36.0 Å². The molecule has 7 nitrogen and oxygen atoms in total. The first-order chi connectivity index (χ1) is 16.8. The average Bonchev–Trinajstić information content (AvgIpc) is 2.75. The lowest BCUT2D eigenvalue weighted by atomic mass is 9.95. The molecule has 1 aromatic rings. The van der Waals surface area contributed by atoms with Gasteiger partial charge in [0.15, 0.2) is 0 Å². The third kappa shape index (κ3) is 10.8. The van der Waals surface area contributed by atoms with E-state index in [-0.39, 0.29) is 17.9 Å². The zero-order valence-electron chi connectivity index (χ0n) is 23.7. The lowest BCUT2D eigenvalue weighted by Gasteiger charge is -2.35. The van der Waals surface area contributed by atoms with Crippen molar-refractivity contribution < 1.29 is 19.1 Å². The number of alkyl carbamates (subject to hydrolysis) is 1. The Kier molecular flexibility index (Phi) is 13.4. The first-order valence-corrected chi connectivity index (χ1v) is 14.4. The van der Waals surface area contributed by atoms with E-state index in [4.69, 9.17) is 4.74 Å². The monoisotopic (exact) mass is 521 g/mol. The molecule has 36 heavy (non-hydrogen) atoms. The molecule has 0 heterocycles. The van der Waals surface area contributed by atoms with Gasteiger partial charge in [-0.05, 0) is 84.4 Å². The number of unbranched alkanes of at least 4 members (excludes halogenated alkanes) is 2. The van der Waals surface area contributed by atoms with Gasteiger partial charge in [0.2, 0.25) is 11.8 Å². The van der Waals surface area contributed by atoms with Crippen LogP contribution in [-0.2, 0) is 14.3 Å². The highest BCUT2D eigenvalue weighted by Crippen LogP contribution is 2.27. The molecule has 0 aliphatic rings. The molecular formula is C28H47N3O4S. The van der Waals surface area contributed by atoms with Crippen LogP contribution < -0.4 is 10.6 Å². The van der Waals surface area contributed by atoms with Gasteiger partial charge in [-0.1, -0.05) is 43.5 Å². The van der Waals surface area contributed by atoms with Gasteiger partial charge in [-0.2, -0.15) is 11.8 Å². The number of nitrogens with one attached hydrogen (secondary N) is 2. The van der Waals surface area contributed by atoms with Crippen LogP contribution in [0.25, 0.3) is 0 Å². The molecule has 0 aliphatic carbocycles. The van der Waals surface area contributed by atoms with Gasteiger partial charge >= 0.3 is 6.09 Å². The molecule has 0 saturated heterocycles. The Bertz CT molecular complexity index is 867. The number of thioether (sulfide) groups is 1. The van der Waals surface area contributed by atoms with Crippen molar-refractivity contribution in [2.24, 2.45) is 0 Å². The van der Waals surface area contributed by atoms with Crippen LogP contribution in [0.1, 0.15) is 90.0 Å². The maximum absolute atomic E-state index is 14.1. The van der Waals surface area contributed by atoms with Crippen molar-refractivity contribution >= 4 is 29.7 Å². The molecule has 1 rings (SSSR count). The molecule has 0 fully saturated rings. The third-order valence-corrected chi connectivity index (χ3v) is 6.24. The molecule has 204 valence electrons. The van der Waals surface area contributed by atoms with Crippen LogP contribution >= 0.6 is 11.8 Å². The molecule has 0 aromatic heterocycles. The van der Waals surface area contributed by atoms with Crippen molar-refractivity contribution in [2.45, 2.75) is 105 Å². The van der Waals surface area contributed by atoms with Crippen LogP contribution in [0.5, 0.6) is 0 Å². The second-order valence-electron chi connectivity index (χ2n) is 10.6. The van der Waals surface area contributed by atoms with Crippen LogP contribution in [0.15, 0.2) is 18.2 Å². The first-order valence-electron chi connectivity index (χ1n) is 13.0. The van der Waals surface area contributed by atoms with E-state index >= 15 is 0 Å². The highest BCUT2D eigenvalue weighted by Gasteiger charge is 2.36. The Morgan fingerprint density at radius 1 is 1.08 bits per heavy atom. The van der Waals surface area contributed by atoms with E-state index < -0.39 is 23.8 Å². The van der Waals surface area contributed by atoms with Crippen molar-refractivity contribution in [3.05, 3.63) is 34.9 Å². The highest BCUT2D eigenvalue weighted by molar-refractivity contribution is 7.98. The van der Waals surface area contributed by atoms with Gasteiger partial charge in [0, 0.05) is 12.6 Å². The van der Waals surface area contributed by atoms with E-state index in [2.05, 4.69) is 17.6 Å². The number of nitrogens with zero attached hydrogens (tertiary/aromatic N) is 1. The predicted octanol–water partition coefficient (Wildman–Crippen LogP) is 5.53. The largest absolute Gasteiger partial charge is 0.444 e. The van der Waals surface area contributed by atoms with E-state index in [1.54, 1.807) is 37.4 Å². The standard InChI is InChI=1S/C28H47N3O4S/c1-10-11-12-16-31(26(33)23(15-17-36-9)30-27(34)35-28(6,7)8)24(25(32)29-19(2)3)22-14-13-20(4)18-21(22)5/h13-14,18-19,23-24H,10-12,15-17H2,1-9H3,(H,29,32)(H,30,34). The SMILES string of the molecule is CCCCCN(C(=O)C(CCSC)NC(=O)OC(C)(C)C)C(C(=O)NC(C)C)c1ccc(C)cc1C. The quantitative estimate of drug-likeness (QED) is 0.333. The Morgan fingerprint density at radius 3 is 2.28 bits per heavy atom. The van der Waals surface area contributed by atoms with Gasteiger partial charge in [-0.25, -0.2) is 4.79 Å². The molecule has 0 saturated carbocycles. The van der Waals surface area contributed by atoms with Crippen LogP contribution in [0, 0.1) is 13.8 Å². The van der Waals surface area contributed by atoms with Crippen molar-refractivity contribution in [1.82, 2.24) is 15.5 Å². The molecule has 2 unspecified atom stereocenters. The number of benzene rings is 1. The van der Waals surface area contributed by atoms with Gasteiger partial charge in [-0.15, -0.1) is 0 Å². The zero-order valence-corrected chi connectivity index (χ0v) is 24.5. The minimum atomic E-state index is -0.797. The normalized spacial score (nSPS) is 13.2.